The Balaban J connectivity index is 2.08. The highest BCUT2D eigenvalue weighted by Crippen LogP contribution is 2.28. The lowest BCUT2D eigenvalue weighted by molar-refractivity contribution is 0.102. The number of hydrogen-bond donors (Lipinski definition) is 3. The second-order valence-electron chi connectivity index (χ2n) is 4.13. The summed E-state index contributed by atoms with van der Waals surface area (Å²) in [7, 11) is 1.46. The third-order valence-electron chi connectivity index (χ3n) is 2.69. The van der Waals surface area contributed by atoms with E-state index in [1.807, 2.05) is 0 Å². The van der Waals surface area contributed by atoms with Gasteiger partial charge in [-0.05, 0) is 12.1 Å². The van der Waals surface area contributed by atoms with Crippen LogP contribution >= 0.6 is 0 Å². The fourth-order valence-corrected chi connectivity index (χ4v) is 1.71. The molecule has 0 aliphatic heterocycles. The number of nitrogens with one attached hydrogen (secondary N) is 1. The summed E-state index contributed by atoms with van der Waals surface area (Å²) in [6.07, 6.45) is 3.17. The molecule has 0 aliphatic carbocycles. The average Bonchev–Trinajstić information content (AvgIpc) is 2.88. The minimum absolute atomic E-state index is 0.0426. The molecule has 0 fully saturated rings. The lowest BCUT2D eigenvalue weighted by Gasteiger charge is -2.07. The Morgan fingerprint density at radius 2 is 2.35 bits per heavy atom. The topological polar surface area (TPSA) is 102 Å². The number of aromatic nitrogens is 2. The second-order valence-corrected chi connectivity index (χ2v) is 4.13. The molecule has 0 bridgehead atoms. The highest BCUT2D eigenvalue weighted by molar-refractivity contribution is 6.02. The van der Waals surface area contributed by atoms with E-state index in [-0.39, 0.29) is 17.4 Å². The lowest BCUT2D eigenvalue weighted by atomic mass is 10.2. The van der Waals surface area contributed by atoms with Gasteiger partial charge in [0.25, 0.3) is 5.91 Å². The van der Waals surface area contributed by atoms with Gasteiger partial charge in [0.15, 0.2) is 11.5 Å². The third-order valence-corrected chi connectivity index (χ3v) is 2.69. The minimum Gasteiger partial charge on any atom is -0.504 e. The van der Waals surface area contributed by atoms with Crippen LogP contribution in [-0.2, 0) is 6.54 Å². The molecule has 1 aromatic heterocycles. The number of rotatable bonds is 5. The number of benzene rings is 1. The van der Waals surface area contributed by atoms with E-state index in [0.29, 0.717) is 24.5 Å². The Morgan fingerprint density at radius 1 is 1.55 bits per heavy atom. The molecule has 1 amide bonds. The molecule has 0 spiro atoms. The molecule has 4 N–H and O–H groups in total. The Hall–Kier alpha value is -2.54. The predicted molar refractivity (Wildman–Crippen MR) is 73.9 cm³/mol. The number of methoxy groups -OCH3 is 1. The van der Waals surface area contributed by atoms with E-state index in [9.17, 15) is 9.90 Å². The number of carbonyl (C=O) groups is 1. The Bertz CT molecular complexity index is 609. The molecule has 7 heteroatoms. The maximum atomic E-state index is 12.0. The lowest BCUT2D eigenvalue weighted by Crippen LogP contribution is -2.12. The molecular formula is C13H16N4O3. The van der Waals surface area contributed by atoms with Crippen molar-refractivity contribution in [1.29, 1.82) is 0 Å². The summed E-state index contributed by atoms with van der Waals surface area (Å²) in [6.45, 7) is 1.08. The summed E-state index contributed by atoms with van der Waals surface area (Å²) >= 11 is 0. The molecule has 2 rings (SSSR count). The van der Waals surface area contributed by atoms with Crippen LogP contribution in [0.3, 0.4) is 0 Å². The first-order valence-electron chi connectivity index (χ1n) is 6.04. The van der Waals surface area contributed by atoms with Crippen LogP contribution in [-0.4, -0.2) is 34.2 Å². The molecule has 0 aliphatic rings. The van der Waals surface area contributed by atoms with Crippen molar-refractivity contribution in [3.8, 4) is 11.5 Å². The van der Waals surface area contributed by atoms with Gasteiger partial charge in [0, 0.05) is 31.0 Å². The summed E-state index contributed by atoms with van der Waals surface area (Å²) in [5.41, 5.74) is 6.17. The molecule has 0 saturated heterocycles. The van der Waals surface area contributed by atoms with Crippen molar-refractivity contribution < 1.29 is 14.6 Å². The first-order valence-corrected chi connectivity index (χ1v) is 6.04. The molecule has 0 unspecified atom stereocenters. The zero-order valence-corrected chi connectivity index (χ0v) is 11.0. The maximum absolute atomic E-state index is 12.0. The highest BCUT2D eigenvalue weighted by Gasteiger charge is 2.11. The fraction of sp³-hybridized carbons (Fsp3) is 0.231. The monoisotopic (exact) mass is 276 g/mol. The Labute approximate surface area is 116 Å². The second kappa shape index (κ2) is 6.07. The van der Waals surface area contributed by atoms with E-state index in [4.69, 9.17) is 10.5 Å². The quantitative estimate of drug-likeness (QED) is 0.750. The third kappa shape index (κ3) is 3.07. The number of ether oxygens (including phenoxy) is 1. The normalized spacial score (nSPS) is 10.3. The summed E-state index contributed by atoms with van der Waals surface area (Å²) < 4.78 is 6.67. The van der Waals surface area contributed by atoms with Crippen molar-refractivity contribution in [2.24, 2.45) is 5.73 Å². The van der Waals surface area contributed by atoms with Crippen LogP contribution in [0.15, 0.2) is 30.7 Å². The van der Waals surface area contributed by atoms with Crippen LogP contribution in [0.2, 0.25) is 0 Å². The number of amides is 1. The molecule has 1 aromatic carbocycles. The predicted octanol–water partition coefficient (Wildman–Crippen LogP) is 0.808. The van der Waals surface area contributed by atoms with Gasteiger partial charge < -0.3 is 25.5 Å². The summed E-state index contributed by atoms with van der Waals surface area (Å²) in [5, 5.41) is 12.3. The van der Waals surface area contributed by atoms with Crippen LogP contribution in [0.4, 0.5) is 5.69 Å². The molecule has 20 heavy (non-hydrogen) atoms. The minimum atomic E-state index is -0.356. The van der Waals surface area contributed by atoms with Crippen molar-refractivity contribution in [3.05, 3.63) is 36.4 Å². The van der Waals surface area contributed by atoms with E-state index < -0.39 is 0 Å². The van der Waals surface area contributed by atoms with Gasteiger partial charge in [-0.1, -0.05) is 0 Å². The SMILES string of the molecule is COc1ccc(NC(=O)c2cn(CCN)cn2)cc1O. The highest BCUT2D eigenvalue weighted by atomic mass is 16.5. The summed E-state index contributed by atoms with van der Waals surface area (Å²) in [4.78, 5) is 16.0. The number of nitrogens with two attached hydrogens (primary N) is 1. The van der Waals surface area contributed by atoms with Gasteiger partial charge in [-0.2, -0.15) is 0 Å². The first kappa shape index (κ1) is 13.9. The van der Waals surface area contributed by atoms with E-state index in [1.165, 1.54) is 13.2 Å². The van der Waals surface area contributed by atoms with Crippen molar-refractivity contribution in [2.45, 2.75) is 6.54 Å². The number of hydrogen-bond acceptors (Lipinski definition) is 5. The number of aromatic hydroxyl groups is 1. The molecular weight excluding hydrogens is 260 g/mol. The van der Waals surface area contributed by atoms with Gasteiger partial charge in [0.2, 0.25) is 0 Å². The van der Waals surface area contributed by atoms with Gasteiger partial charge in [0.05, 0.1) is 13.4 Å². The van der Waals surface area contributed by atoms with Gasteiger partial charge in [-0.3, -0.25) is 4.79 Å². The van der Waals surface area contributed by atoms with Crippen LogP contribution in [0.25, 0.3) is 0 Å². The number of nitrogens with zero attached hydrogens (tertiary/aromatic N) is 2. The van der Waals surface area contributed by atoms with E-state index in [0.717, 1.165) is 0 Å². The van der Waals surface area contributed by atoms with Gasteiger partial charge in [-0.25, -0.2) is 4.98 Å². The van der Waals surface area contributed by atoms with Crippen LogP contribution in [0, 0.1) is 0 Å². The van der Waals surface area contributed by atoms with Crippen molar-refractivity contribution in [1.82, 2.24) is 9.55 Å². The zero-order valence-electron chi connectivity index (χ0n) is 11.0. The molecule has 0 saturated carbocycles. The van der Waals surface area contributed by atoms with Gasteiger partial charge in [0.1, 0.15) is 5.69 Å². The summed E-state index contributed by atoms with van der Waals surface area (Å²) in [6, 6.07) is 4.61. The first-order chi connectivity index (χ1) is 9.63. The maximum Gasteiger partial charge on any atom is 0.275 e. The average molecular weight is 276 g/mol. The molecule has 0 radical (unpaired) electrons. The number of phenolic OH excluding ortho intramolecular Hbond substituents is 1. The van der Waals surface area contributed by atoms with E-state index >= 15 is 0 Å². The van der Waals surface area contributed by atoms with Crippen molar-refractivity contribution >= 4 is 11.6 Å². The fourth-order valence-electron chi connectivity index (χ4n) is 1.71. The summed E-state index contributed by atoms with van der Waals surface area (Å²) in [5.74, 6) is -0.0560. The standard InChI is InChI=1S/C13H16N4O3/c1-20-12-3-2-9(6-11(12)18)16-13(19)10-7-17(5-4-14)8-15-10/h2-3,6-8,18H,4-5,14H2,1H3,(H,16,19). The number of carbonyl (C=O) groups excluding carboxylic acids is 1. The molecule has 106 valence electrons. The molecule has 1 heterocycles. The van der Waals surface area contributed by atoms with Crippen LogP contribution < -0.4 is 15.8 Å². The van der Waals surface area contributed by atoms with Crippen LogP contribution in [0.5, 0.6) is 11.5 Å². The smallest absolute Gasteiger partial charge is 0.275 e. The number of phenols is 1. The van der Waals surface area contributed by atoms with Crippen LogP contribution in [0.1, 0.15) is 10.5 Å². The van der Waals surface area contributed by atoms with Crippen molar-refractivity contribution in [2.75, 3.05) is 19.0 Å². The number of imidazole rings is 1. The van der Waals surface area contributed by atoms with E-state index in [1.54, 1.807) is 29.2 Å². The molecule has 0 atom stereocenters. The van der Waals surface area contributed by atoms with Gasteiger partial charge in [-0.15, -0.1) is 0 Å². The van der Waals surface area contributed by atoms with Gasteiger partial charge >= 0.3 is 0 Å². The largest absolute Gasteiger partial charge is 0.504 e. The Morgan fingerprint density at radius 3 is 3.00 bits per heavy atom. The van der Waals surface area contributed by atoms with Crippen molar-refractivity contribution in [3.63, 3.8) is 0 Å². The molecule has 7 nitrogen and oxygen atoms in total. The van der Waals surface area contributed by atoms with E-state index in [2.05, 4.69) is 10.3 Å². The molecule has 2 aromatic rings. The zero-order chi connectivity index (χ0) is 14.5. The number of anilines is 1. The Kier molecular flexibility index (Phi) is 4.21.